The van der Waals surface area contributed by atoms with Crippen LogP contribution in [0.1, 0.15) is 37.2 Å². The molecule has 1 aliphatic carbocycles. The first-order valence-corrected chi connectivity index (χ1v) is 6.70. The van der Waals surface area contributed by atoms with Gasteiger partial charge >= 0.3 is 5.97 Å². The van der Waals surface area contributed by atoms with E-state index in [0.29, 0.717) is 18.4 Å². The lowest BCUT2D eigenvalue weighted by Crippen LogP contribution is -2.20. The Morgan fingerprint density at radius 1 is 1.33 bits per heavy atom. The van der Waals surface area contributed by atoms with Gasteiger partial charge in [-0.15, -0.1) is 0 Å². The minimum Gasteiger partial charge on any atom is -0.493 e. The Labute approximate surface area is 107 Å². The van der Waals surface area contributed by atoms with Crippen LogP contribution in [0.3, 0.4) is 0 Å². The third-order valence-electron chi connectivity index (χ3n) is 4.36. The van der Waals surface area contributed by atoms with Gasteiger partial charge in [0.15, 0.2) is 0 Å². The van der Waals surface area contributed by atoms with Crippen molar-refractivity contribution in [1.82, 2.24) is 0 Å². The minimum absolute atomic E-state index is 0.141. The van der Waals surface area contributed by atoms with E-state index in [1.54, 1.807) is 0 Å². The number of fused-ring (bicyclic) bond motifs is 1. The quantitative estimate of drug-likeness (QED) is 0.891. The Bertz CT molecular complexity index is 455. The fourth-order valence-corrected chi connectivity index (χ4v) is 3.43. The van der Waals surface area contributed by atoms with Crippen LogP contribution in [-0.2, 0) is 4.79 Å². The van der Waals surface area contributed by atoms with Crippen molar-refractivity contribution in [2.24, 2.45) is 11.8 Å². The number of rotatable bonds is 3. The van der Waals surface area contributed by atoms with E-state index in [9.17, 15) is 9.90 Å². The van der Waals surface area contributed by atoms with E-state index >= 15 is 0 Å². The van der Waals surface area contributed by atoms with Gasteiger partial charge in [-0.1, -0.05) is 24.6 Å². The van der Waals surface area contributed by atoms with E-state index in [0.717, 1.165) is 31.4 Å². The number of hydrogen-bond donors (Lipinski definition) is 1. The molecule has 3 nitrogen and oxygen atoms in total. The molecule has 1 aliphatic heterocycles. The molecule has 3 unspecified atom stereocenters. The zero-order valence-electron chi connectivity index (χ0n) is 10.3. The second-order valence-corrected chi connectivity index (χ2v) is 5.42. The van der Waals surface area contributed by atoms with Crippen LogP contribution >= 0.6 is 0 Å². The minimum atomic E-state index is -0.621. The van der Waals surface area contributed by atoms with E-state index < -0.39 is 5.97 Å². The van der Waals surface area contributed by atoms with Gasteiger partial charge in [-0.2, -0.15) is 0 Å². The van der Waals surface area contributed by atoms with Gasteiger partial charge in [0.2, 0.25) is 0 Å². The lowest BCUT2D eigenvalue weighted by Gasteiger charge is -2.19. The number of hydrogen-bond acceptors (Lipinski definition) is 2. The van der Waals surface area contributed by atoms with Crippen LogP contribution in [0.15, 0.2) is 24.3 Å². The second-order valence-electron chi connectivity index (χ2n) is 5.42. The van der Waals surface area contributed by atoms with Gasteiger partial charge in [0.1, 0.15) is 5.75 Å². The molecule has 3 atom stereocenters. The number of carboxylic acids is 1. The van der Waals surface area contributed by atoms with Gasteiger partial charge in [0.05, 0.1) is 12.5 Å². The Kier molecular flexibility index (Phi) is 2.98. The molecule has 1 fully saturated rings. The summed E-state index contributed by atoms with van der Waals surface area (Å²) in [5.41, 5.74) is 1.26. The molecule has 0 radical (unpaired) electrons. The van der Waals surface area contributed by atoms with Crippen LogP contribution in [0.4, 0.5) is 0 Å². The topological polar surface area (TPSA) is 46.5 Å². The van der Waals surface area contributed by atoms with Crippen LogP contribution in [-0.4, -0.2) is 17.7 Å². The molecule has 0 aromatic heterocycles. The number of para-hydroxylation sites is 1. The number of ether oxygens (including phenoxy) is 1. The predicted octanol–water partition coefficient (Wildman–Crippen LogP) is 3.05. The van der Waals surface area contributed by atoms with Gasteiger partial charge < -0.3 is 9.84 Å². The first-order valence-electron chi connectivity index (χ1n) is 6.70. The van der Waals surface area contributed by atoms with Gasteiger partial charge in [-0.05, 0) is 31.2 Å². The van der Waals surface area contributed by atoms with E-state index in [2.05, 4.69) is 6.07 Å². The highest BCUT2D eigenvalue weighted by atomic mass is 16.5. The monoisotopic (exact) mass is 246 g/mol. The Morgan fingerprint density at radius 3 is 3.00 bits per heavy atom. The first kappa shape index (κ1) is 11.6. The summed E-state index contributed by atoms with van der Waals surface area (Å²) in [6.07, 6.45) is 3.90. The van der Waals surface area contributed by atoms with Gasteiger partial charge in [0.25, 0.3) is 0 Å². The average Bonchev–Trinajstić information content (AvgIpc) is 2.97. The summed E-state index contributed by atoms with van der Waals surface area (Å²) in [4.78, 5) is 11.2. The molecular formula is C15H18O3. The lowest BCUT2D eigenvalue weighted by molar-refractivity contribution is -0.143. The van der Waals surface area contributed by atoms with Crippen molar-refractivity contribution in [2.45, 2.75) is 31.6 Å². The van der Waals surface area contributed by atoms with Gasteiger partial charge in [0, 0.05) is 11.5 Å². The smallest absolute Gasteiger partial charge is 0.306 e. The van der Waals surface area contributed by atoms with Crippen molar-refractivity contribution in [3.05, 3.63) is 29.8 Å². The summed E-state index contributed by atoms with van der Waals surface area (Å²) in [6, 6.07) is 8.12. The van der Waals surface area contributed by atoms with Crippen LogP contribution in [0, 0.1) is 11.8 Å². The highest BCUT2D eigenvalue weighted by Gasteiger charge is 2.36. The molecular weight excluding hydrogens is 228 g/mol. The molecule has 0 saturated heterocycles. The normalized spacial score (nSPS) is 29.9. The number of aliphatic carboxylic acids is 1. The lowest BCUT2D eigenvalue weighted by atomic mass is 9.84. The van der Waals surface area contributed by atoms with Crippen molar-refractivity contribution >= 4 is 5.97 Å². The largest absolute Gasteiger partial charge is 0.493 e. The maximum Gasteiger partial charge on any atom is 0.306 e. The molecule has 1 saturated carbocycles. The van der Waals surface area contributed by atoms with E-state index in [-0.39, 0.29) is 5.92 Å². The third-order valence-corrected chi connectivity index (χ3v) is 4.36. The molecule has 0 spiro atoms. The highest BCUT2D eigenvalue weighted by molar-refractivity contribution is 5.70. The first-order chi connectivity index (χ1) is 8.75. The fourth-order valence-electron chi connectivity index (χ4n) is 3.43. The number of carbonyl (C=O) groups is 1. The summed E-state index contributed by atoms with van der Waals surface area (Å²) < 4.78 is 5.67. The van der Waals surface area contributed by atoms with Crippen LogP contribution in [0.2, 0.25) is 0 Å². The number of carboxylic acid groups (broad SMARTS) is 1. The highest BCUT2D eigenvalue weighted by Crippen LogP contribution is 2.43. The average molecular weight is 246 g/mol. The Hall–Kier alpha value is -1.51. The Balaban J connectivity index is 1.73. The predicted molar refractivity (Wildman–Crippen MR) is 67.8 cm³/mol. The van der Waals surface area contributed by atoms with Crippen LogP contribution in [0.5, 0.6) is 5.75 Å². The van der Waals surface area contributed by atoms with Crippen molar-refractivity contribution in [1.29, 1.82) is 0 Å². The van der Waals surface area contributed by atoms with Gasteiger partial charge in [-0.25, -0.2) is 0 Å². The maximum absolute atomic E-state index is 11.2. The summed E-state index contributed by atoms with van der Waals surface area (Å²) >= 11 is 0. The summed E-state index contributed by atoms with van der Waals surface area (Å²) in [7, 11) is 0. The zero-order chi connectivity index (χ0) is 12.5. The summed E-state index contributed by atoms with van der Waals surface area (Å²) in [6.45, 7) is 0.711. The zero-order valence-corrected chi connectivity index (χ0v) is 10.3. The van der Waals surface area contributed by atoms with Crippen molar-refractivity contribution in [3.63, 3.8) is 0 Å². The molecule has 0 amide bonds. The molecule has 1 aromatic carbocycles. The molecule has 3 heteroatoms. The SMILES string of the molecule is O=C(O)C1CCCC1CC1COc2ccccc21. The standard InChI is InChI=1S/C15H18O3/c16-15(17)13-6-3-4-10(13)8-11-9-18-14-7-2-1-5-12(11)14/h1-2,5,7,10-11,13H,3-4,6,8-9H2,(H,16,17). The third kappa shape index (κ3) is 1.98. The second kappa shape index (κ2) is 4.63. The molecule has 18 heavy (non-hydrogen) atoms. The maximum atomic E-state index is 11.2. The van der Waals surface area contributed by atoms with E-state index in [1.807, 2.05) is 18.2 Å². The van der Waals surface area contributed by atoms with Crippen LogP contribution in [0.25, 0.3) is 0 Å². The molecule has 1 N–H and O–H groups in total. The van der Waals surface area contributed by atoms with Crippen molar-refractivity contribution in [3.8, 4) is 5.75 Å². The molecule has 3 rings (SSSR count). The Morgan fingerprint density at radius 2 is 2.17 bits per heavy atom. The van der Waals surface area contributed by atoms with E-state index in [4.69, 9.17) is 4.74 Å². The fraction of sp³-hybridized carbons (Fsp3) is 0.533. The number of benzene rings is 1. The van der Waals surface area contributed by atoms with Gasteiger partial charge in [-0.3, -0.25) is 4.79 Å². The van der Waals surface area contributed by atoms with Crippen LogP contribution < -0.4 is 4.74 Å². The molecule has 1 aromatic rings. The van der Waals surface area contributed by atoms with E-state index in [1.165, 1.54) is 5.56 Å². The summed E-state index contributed by atoms with van der Waals surface area (Å²) in [5.74, 6) is 0.920. The molecule has 0 bridgehead atoms. The van der Waals surface area contributed by atoms with Crippen molar-refractivity contribution < 1.29 is 14.6 Å². The molecule has 1 heterocycles. The summed E-state index contributed by atoms with van der Waals surface area (Å²) in [5, 5.41) is 9.22. The molecule has 2 aliphatic rings. The van der Waals surface area contributed by atoms with Crippen molar-refractivity contribution in [2.75, 3.05) is 6.61 Å². The molecule has 96 valence electrons.